The van der Waals surface area contributed by atoms with E-state index in [1.807, 2.05) is 12.1 Å². The van der Waals surface area contributed by atoms with E-state index in [4.69, 9.17) is 24.3 Å². The SMILES string of the molecule is COc1ccc(-c2nc(COc3ccc(OCC(=O)O)c(C)c3)sc2-c2ccc(OC(F)(F)F)cc2)cc1. The summed E-state index contributed by atoms with van der Waals surface area (Å²) in [7, 11) is 1.57. The van der Waals surface area contributed by atoms with Crippen LogP contribution in [0.1, 0.15) is 10.6 Å². The highest BCUT2D eigenvalue weighted by Gasteiger charge is 2.31. The first-order valence-electron chi connectivity index (χ1n) is 11.2. The summed E-state index contributed by atoms with van der Waals surface area (Å²) in [5.41, 5.74) is 2.83. The van der Waals surface area contributed by atoms with Crippen molar-refractivity contribution in [3.63, 3.8) is 0 Å². The number of aromatic nitrogens is 1. The molecule has 38 heavy (non-hydrogen) atoms. The van der Waals surface area contributed by atoms with Gasteiger partial charge in [-0.25, -0.2) is 9.78 Å². The number of carboxylic acid groups (broad SMARTS) is 1. The first kappa shape index (κ1) is 26.8. The van der Waals surface area contributed by atoms with Crippen molar-refractivity contribution in [3.05, 3.63) is 77.3 Å². The molecule has 0 radical (unpaired) electrons. The van der Waals surface area contributed by atoms with Crippen molar-refractivity contribution in [2.75, 3.05) is 13.7 Å². The average molecular weight is 546 g/mol. The quantitative estimate of drug-likeness (QED) is 0.236. The molecule has 1 heterocycles. The Labute approximate surface area is 220 Å². The van der Waals surface area contributed by atoms with Gasteiger partial charge in [0.15, 0.2) is 6.61 Å². The molecule has 0 unspecified atom stereocenters. The number of hydrogen-bond donors (Lipinski definition) is 1. The van der Waals surface area contributed by atoms with Crippen molar-refractivity contribution in [2.24, 2.45) is 0 Å². The van der Waals surface area contributed by atoms with Gasteiger partial charge in [-0.15, -0.1) is 24.5 Å². The molecule has 4 aromatic rings. The minimum absolute atomic E-state index is 0.137. The third kappa shape index (κ3) is 6.94. The zero-order chi connectivity index (χ0) is 27.3. The van der Waals surface area contributed by atoms with Gasteiger partial charge in [0.2, 0.25) is 0 Å². The van der Waals surface area contributed by atoms with E-state index in [-0.39, 0.29) is 12.4 Å². The number of nitrogens with zero attached hydrogens (tertiary/aromatic N) is 1. The van der Waals surface area contributed by atoms with Crippen molar-refractivity contribution in [1.82, 2.24) is 4.98 Å². The lowest BCUT2D eigenvalue weighted by molar-refractivity contribution is -0.274. The average Bonchev–Trinajstić information content (AvgIpc) is 3.30. The lowest BCUT2D eigenvalue weighted by Gasteiger charge is -2.09. The molecule has 0 saturated carbocycles. The summed E-state index contributed by atoms with van der Waals surface area (Å²) in [6, 6.07) is 17.9. The third-order valence-corrected chi connectivity index (χ3v) is 6.32. The van der Waals surface area contributed by atoms with Crippen LogP contribution >= 0.6 is 11.3 Å². The molecule has 0 aliphatic heterocycles. The van der Waals surface area contributed by atoms with E-state index in [9.17, 15) is 18.0 Å². The molecule has 198 valence electrons. The first-order chi connectivity index (χ1) is 18.1. The number of ether oxygens (including phenoxy) is 4. The van der Waals surface area contributed by atoms with Crippen LogP contribution in [0.25, 0.3) is 21.7 Å². The Kier molecular flexibility index (Phi) is 8.06. The predicted octanol–water partition coefficient (Wildman–Crippen LogP) is 6.74. The molecule has 3 aromatic carbocycles. The van der Waals surface area contributed by atoms with Crippen LogP contribution in [-0.2, 0) is 11.4 Å². The van der Waals surface area contributed by atoms with E-state index in [1.165, 1.54) is 23.5 Å². The monoisotopic (exact) mass is 545 g/mol. The first-order valence-corrected chi connectivity index (χ1v) is 12.0. The number of methoxy groups -OCH3 is 1. The zero-order valence-corrected chi connectivity index (χ0v) is 21.1. The van der Waals surface area contributed by atoms with E-state index in [1.54, 1.807) is 56.5 Å². The molecule has 0 bridgehead atoms. The number of carboxylic acids is 1. The van der Waals surface area contributed by atoms with Crippen LogP contribution in [-0.4, -0.2) is 36.1 Å². The highest BCUT2D eigenvalue weighted by Crippen LogP contribution is 2.39. The Morgan fingerprint density at radius 2 is 1.55 bits per heavy atom. The predicted molar refractivity (Wildman–Crippen MR) is 135 cm³/mol. The molecule has 0 saturated heterocycles. The summed E-state index contributed by atoms with van der Waals surface area (Å²) in [6.07, 6.45) is -4.77. The number of aliphatic carboxylic acids is 1. The molecular formula is C27H22F3NO6S. The second-order valence-electron chi connectivity index (χ2n) is 7.98. The number of alkyl halides is 3. The van der Waals surface area contributed by atoms with Gasteiger partial charge in [0.05, 0.1) is 17.7 Å². The van der Waals surface area contributed by atoms with E-state index < -0.39 is 18.9 Å². The second-order valence-corrected chi connectivity index (χ2v) is 9.07. The molecule has 0 aliphatic carbocycles. The zero-order valence-electron chi connectivity index (χ0n) is 20.2. The number of rotatable bonds is 10. The molecular weight excluding hydrogens is 523 g/mol. The molecule has 0 amide bonds. The van der Waals surface area contributed by atoms with Crippen molar-refractivity contribution < 1.29 is 42.0 Å². The standard InChI is InChI=1S/C27H22F3NO6S/c1-16-13-21(11-12-22(16)36-15-24(32)33)35-14-23-31-25(17-3-7-19(34-2)8-4-17)26(38-23)18-5-9-20(10-6-18)37-27(28,29)30/h3-13H,14-15H2,1-2H3,(H,32,33). The van der Waals surface area contributed by atoms with Crippen LogP contribution < -0.4 is 18.9 Å². The number of thiazole rings is 1. The molecule has 1 aromatic heterocycles. The maximum atomic E-state index is 12.6. The van der Waals surface area contributed by atoms with Crippen LogP contribution in [0.2, 0.25) is 0 Å². The van der Waals surface area contributed by atoms with Gasteiger partial charge in [0.25, 0.3) is 0 Å². The number of aryl methyl sites for hydroxylation is 1. The Morgan fingerprint density at radius 3 is 2.16 bits per heavy atom. The summed E-state index contributed by atoms with van der Waals surface area (Å²) in [5.74, 6) is 0.275. The lowest BCUT2D eigenvalue weighted by atomic mass is 10.1. The van der Waals surface area contributed by atoms with E-state index >= 15 is 0 Å². The summed E-state index contributed by atoms with van der Waals surface area (Å²) in [6.45, 7) is 1.47. The van der Waals surface area contributed by atoms with Crippen molar-refractivity contribution in [1.29, 1.82) is 0 Å². The van der Waals surface area contributed by atoms with Gasteiger partial charge in [-0.05, 0) is 84.8 Å². The molecule has 0 spiro atoms. The minimum Gasteiger partial charge on any atom is -0.497 e. The number of halogens is 3. The van der Waals surface area contributed by atoms with Gasteiger partial charge in [0, 0.05) is 5.56 Å². The Balaban J connectivity index is 1.59. The summed E-state index contributed by atoms with van der Waals surface area (Å²) in [5, 5.41) is 9.43. The second kappa shape index (κ2) is 11.4. The summed E-state index contributed by atoms with van der Waals surface area (Å²) in [4.78, 5) is 16.2. The van der Waals surface area contributed by atoms with Gasteiger partial charge in [-0.2, -0.15) is 0 Å². The molecule has 11 heteroatoms. The smallest absolute Gasteiger partial charge is 0.497 e. The van der Waals surface area contributed by atoms with Crippen LogP contribution in [0, 0.1) is 6.92 Å². The van der Waals surface area contributed by atoms with Gasteiger partial charge < -0.3 is 24.1 Å². The molecule has 0 aliphatic rings. The van der Waals surface area contributed by atoms with Gasteiger partial charge >= 0.3 is 12.3 Å². The van der Waals surface area contributed by atoms with Crippen molar-refractivity contribution in [3.8, 4) is 44.7 Å². The fraction of sp³-hybridized carbons (Fsp3) is 0.185. The highest BCUT2D eigenvalue weighted by atomic mass is 32.1. The highest BCUT2D eigenvalue weighted by molar-refractivity contribution is 7.15. The van der Waals surface area contributed by atoms with E-state index in [2.05, 4.69) is 4.74 Å². The largest absolute Gasteiger partial charge is 0.573 e. The Bertz CT molecular complexity index is 1400. The Morgan fingerprint density at radius 1 is 0.921 bits per heavy atom. The fourth-order valence-corrected chi connectivity index (χ4v) is 4.54. The van der Waals surface area contributed by atoms with Gasteiger partial charge in [0.1, 0.15) is 34.6 Å². The van der Waals surface area contributed by atoms with Crippen LogP contribution in [0.3, 0.4) is 0 Å². The molecule has 7 nitrogen and oxygen atoms in total. The topological polar surface area (TPSA) is 87.1 Å². The van der Waals surface area contributed by atoms with Crippen molar-refractivity contribution in [2.45, 2.75) is 19.9 Å². The Hall–Kier alpha value is -4.25. The van der Waals surface area contributed by atoms with Crippen molar-refractivity contribution >= 4 is 17.3 Å². The van der Waals surface area contributed by atoms with E-state index in [0.717, 1.165) is 10.4 Å². The maximum Gasteiger partial charge on any atom is 0.573 e. The number of hydrogen-bond acceptors (Lipinski definition) is 7. The van der Waals surface area contributed by atoms with Gasteiger partial charge in [-0.1, -0.05) is 0 Å². The summed E-state index contributed by atoms with van der Waals surface area (Å²) < 4.78 is 58.1. The molecule has 4 rings (SSSR count). The molecule has 1 N–H and O–H groups in total. The van der Waals surface area contributed by atoms with Gasteiger partial charge in [-0.3, -0.25) is 0 Å². The normalized spacial score (nSPS) is 11.2. The van der Waals surface area contributed by atoms with Crippen LogP contribution in [0.15, 0.2) is 66.7 Å². The van der Waals surface area contributed by atoms with E-state index in [0.29, 0.717) is 39.1 Å². The minimum atomic E-state index is -4.77. The summed E-state index contributed by atoms with van der Waals surface area (Å²) >= 11 is 1.35. The van der Waals surface area contributed by atoms with Crippen LogP contribution in [0.4, 0.5) is 13.2 Å². The number of benzene rings is 3. The van der Waals surface area contributed by atoms with Crippen LogP contribution in [0.5, 0.6) is 23.0 Å². The number of carbonyl (C=O) groups is 1. The fourth-order valence-electron chi connectivity index (χ4n) is 3.53. The lowest BCUT2D eigenvalue weighted by Crippen LogP contribution is -2.16. The molecule has 0 atom stereocenters. The third-order valence-electron chi connectivity index (χ3n) is 5.24. The maximum absolute atomic E-state index is 12.6. The molecule has 0 fully saturated rings.